The minimum absolute atomic E-state index is 0.367. The number of hydrogen-bond donors (Lipinski definition) is 0. The average Bonchev–Trinajstić information content (AvgIpc) is 1.60. The van der Waals surface area contributed by atoms with Crippen molar-refractivity contribution in [2.45, 2.75) is 19.5 Å². The van der Waals surface area contributed by atoms with Gasteiger partial charge in [0.25, 0.3) is 5.85 Å². The molecule has 0 aliphatic rings. The number of allylic oxidation sites excluding steroid dienone is 2. The van der Waals surface area contributed by atoms with Crippen LogP contribution < -0.4 is 0 Å². The topological polar surface area (TPSA) is 17.1 Å². The van der Waals surface area contributed by atoms with Crippen LogP contribution in [0.5, 0.6) is 0 Å². The highest BCUT2D eigenvalue weighted by atomic mass is 35.9. The summed E-state index contributed by atoms with van der Waals surface area (Å²) in [6, 6.07) is 0. The SMILES string of the molecule is C/C(Cl)=C/C(C)P(=O)(Cl)Cl. The summed E-state index contributed by atoms with van der Waals surface area (Å²) in [4.78, 5) is 0. The molecule has 0 N–H and O–H groups in total. The maximum Gasteiger partial charge on any atom is 0.259 e. The fourth-order valence-electron chi connectivity index (χ4n) is 0.419. The molecule has 1 nitrogen and oxygen atoms in total. The molecule has 5 heteroatoms. The molecule has 0 aromatic rings. The van der Waals surface area contributed by atoms with Crippen molar-refractivity contribution in [1.29, 1.82) is 0 Å². The molecule has 0 bridgehead atoms. The molecule has 0 saturated carbocycles. The molecule has 0 saturated heterocycles. The van der Waals surface area contributed by atoms with Crippen LogP contribution in [0, 0.1) is 0 Å². The van der Waals surface area contributed by atoms with E-state index >= 15 is 0 Å². The summed E-state index contributed by atoms with van der Waals surface area (Å²) in [5, 5.41) is 0.550. The molecule has 0 aliphatic heterocycles. The smallest absolute Gasteiger partial charge is 0.259 e. The Morgan fingerprint density at radius 2 is 2.00 bits per heavy atom. The Kier molecular flexibility index (Phi) is 4.35. The van der Waals surface area contributed by atoms with Crippen LogP contribution in [0.25, 0.3) is 0 Å². The molecule has 0 heterocycles. The molecular formula is C5H8Cl3OP. The maximum atomic E-state index is 10.9. The Morgan fingerprint density at radius 3 is 2.10 bits per heavy atom. The van der Waals surface area contributed by atoms with Gasteiger partial charge in [-0.05, 0) is 36.3 Å². The molecule has 60 valence electrons. The first-order valence-electron chi connectivity index (χ1n) is 2.67. The molecule has 10 heavy (non-hydrogen) atoms. The molecule has 1 unspecified atom stereocenters. The van der Waals surface area contributed by atoms with E-state index in [2.05, 4.69) is 0 Å². The second kappa shape index (κ2) is 4.01. The first-order chi connectivity index (χ1) is 4.34. The van der Waals surface area contributed by atoms with E-state index < -0.39 is 5.85 Å². The van der Waals surface area contributed by atoms with E-state index in [-0.39, 0.29) is 5.66 Å². The average molecular weight is 221 g/mol. The van der Waals surface area contributed by atoms with Crippen molar-refractivity contribution >= 4 is 39.9 Å². The Morgan fingerprint density at radius 1 is 1.60 bits per heavy atom. The van der Waals surface area contributed by atoms with Gasteiger partial charge in [-0.1, -0.05) is 17.7 Å². The van der Waals surface area contributed by atoms with Crippen LogP contribution in [0.3, 0.4) is 0 Å². The Balaban J connectivity index is 4.26. The van der Waals surface area contributed by atoms with E-state index in [1.54, 1.807) is 19.9 Å². The van der Waals surface area contributed by atoms with Crippen molar-refractivity contribution in [3.8, 4) is 0 Å². The zero-order chi connectivity index (χ0) is 8.36. The predicted molar refractivity (Wildman–Crippen MR) is 48.4 cm³/mol. The van der Waals surface area contributed by atoms with Gasteiger partial charge in [-0.2, -0.15) is 0 Å². The molecule has 0 amide bonds. The van der Waals surface area contributed by atoms with Crippen molar-refractivity contribution < 1.29 is 4.57 Å². The summed E-state index contributed by atoms with van der Waals surface area (Å²) in [6.45, 7) is 3.34. The highest BCUT2D eigenvalue weighted by Crippen LogP contribution is 2.61. The molecule has 1 atom stereocenters. The summed E-state index contributed by atoms with van der Waals surface area (Å²) < 4.78 is 10.9. The van der Waals surface area contributed by atoms with Crippen LogP contribution in [-0.4, -0.2) is 5.66 Å². The lowest BCUT2D eigenvalue weighted by atomic mass is 10.4. The lowest BCUT2D eigenvalue weighted by Crippen LogP contribution is -1.90. The van der Waals surface area contributed by atoms with Crippen LogP contribution in [0.15, 0.2) is 11.1 Å². The third kappa shape index (κ3) is 4.62. The summed E-state index contributed by atoms with van der Waals surface area (Å²) in [6.07, 6.45) is 1.57. The quantitative estimate of drug-likeness (QED) is 0.639. The Bertz CT molecular complexity index is 179. The zero-order valence-electron chi connectivity index (χ0n) is 5.64. The number of rotatable bonds is 2. The molecule has 0 rings (SSSR count). The van der Waals surface area contributed by atoms with Crippen LogP contribution in [0.2, 0.25) is 0 Å². The lowest BCUT2D eigenvalue weighted by molar-refractivity contribution is 0.590. The summed E-state index contributed by atoms with van der Waals surface area (Å²) in [7, 11) is 0. The van der Waals surface area contributed by atoms with Crippen LogP contribution in [-0.2, 0) is 4.57 Å². The minimum Gasteiger partial charge on any atom is -0.289 e. The van der Waals surface area contributed by atoms with Gasteiger partial charge < -0.3 is 0 Å². The summed E-state index contributed by atoms with van der Waals surface area (Å²) in [5.41, 5.74) is -0.367. The van der Waals surface area contributed by atoms with E-state index in [9.17, 15) is 4.57 Å². The summed E-state index contributed by atoms with van der Waals surface area (Å²) >= 11 is 16.2. The van der Waals surface area contributed by atoms with Gasteiger partial charge in [-0.25, -0.2) is 0 Å². The van der Waals surface area contributed by atoms with Crippen molar-refractivity contribution in [3.05, 3.63) is 11.1 Å². The molecule has 0 fully saturated rings. The first kappa shape index (κ1) is 10.8. The van der Waals surface area contributed by atoms with Gasteiger partial charge in [0.05, 0.1) is 5.66 Å². The van der Waals surface area contributed by atoms with Crippen molar-refractivity contribution in [2.75, 3.05) is 0 Å². The van der Waals surface area contributed by atoms with Crippen LogP contribution >= 0.6 is 39.9 Å². The van der Waals surface area contributed by atoms with Gasteiger partial charge in [-0.15, -0.1) is 0 Å². The highest BCUT2D eigenvalue weighted by molar-refractivity contribution is 8.09. The van der Waals surface area contributed by atoms with Gasteiger partial charge in [-0.3, -0.25) is 4.57 Å². The van der Waals surface area contributed by atoms with E-state index in [0.717, 1.165) is 0 Å². The molecule has 0 aromatic carbocycles. The normalized spacial score (nSPS) is 17.1. The third-order valence-corrected chi connectivity index (χ3v) is 4.02. The second-order valence-corrected chi connectivity index (χ2v) is 7.94. The van der Waals surface area contributed by atoms with Crippen LogP contribution in [0.4, 0.5) is 0 Å². The largest absolute Gasteiger partial charge is 0.289 e. The van der Waals surface area contributed by atoms with Gasteiger partial charge in [0.1, 0.15) is 0 Å². The minimum atomic E-state index is -3.03. The van der Waals surface area contributed by atoms with Gasteiger partial charge in [0.2, 0.25) is 0 Å². The lowest BCUT2D eigenvalue weighted by Gasteiger charge is -2.06. The van der Waals surface area contributed by atoms with E-state index in [4.69, 9.17) is 34.1 Å². The van der Waals surface area contributed by atoms with E-state index in [1.807, 2.05) is 0 Å². The van der Waals surface area contributed by atoms with Gasteiger partial charge >= 0.3 is 0 Å². The molecule has 0 aliphatic carbocycles. The fourth-order valence-corrected chi connectivity index (χ4v) is 1.43. The second-order valence-electron chi connectivity index (χ2n) is 2.00. The monoisotopic (exact) mass is 220 g/mol. The van der Waals surface area contributed by atoms with Crippen molar-refractivity contribution in [3.63, 3.8) is 0 Å². The molecular weight excluding hydrogens is 213 g/mol. The Labute approximate surface area is 75.3 Å². The van der Waals surface area contributed by atoms with Crippen LogP contribution in [0.1, 0.15) is 13.8 Å². The molecule has 0 aromatic heterocycles. The Hall–Kier alpha value is 0.840. The van der Waals surface area contributed by atoms with Crippen molar-refractivity contribution in [1.82, 2.24) is 0 Å². The third-order valence-electron chi connectivity index (χ3n) is 0.945. The first-order valence-corrected chi connectivity index (χ1v) is 6.63. The number of halogens is 3. The van der Waals surface area contributed by atoms with Gasteiger partial charge in [0.15, 0.2) is 0 Å². The highest BCUT2D eigenvalue weighted by Gasteiger charge is 2.21. The predicted octanol–water partition coefficient (Wildman–Crippen LogP) is 4.19. The van der Waals surface area contributed by atoms with E-state index in [0.29, 0.717) is 5.03 Å². The van der Waals surface area contributed by atoms with Gasteiger partial charge in [0, 0.05) is 5.03 Å². The summed E-state index contributed by atoms with van der Waals surface area (Å²) in [5.74, 6) is -3.03. The zero-order valence-corrected chi connectivity index (χ0v) is 8.81. The maximum absolute atomic E-state index is 10.9. The fraction of sp³-hybridized carbons (Fsp3) is 0.600. The molecule has 0 radical (unpaired) electrons. The number of hydrogen-bond acceptors (Lipinski definition) is 1. The molecule has 0 spiro atoms. The standard InChI is InChI=1S/C5H8Cl3OP/c1-4(6)3-5(2)10(7,8)9/h3,5H,1-2H3/b4-3-. The van der Waals surface area contributed by atoms with Crippen molar-refractivity contribution in [2.24, 2.45) is 0 Å². The van der Waals surface area contributed by atoms with E-state index in [1.165, 1.54) is 0 Å².